The number of halogens is 2. The number of carbonyl (C=O) groups excluding carboxylic acids is 1. The molecule has 2 N–H and O–H groups in total. The second-order valence-corrected chi connectivity index (χ2v) is 8.17. The molecule has 5 nitrogen and oxygen atoms in total. The molecule has 2 aromatic carbocycles. The van der Waals surface area contributed by atoms with Gasteiger partial charge in [-0.25, -0.2) is 4.39 Å². The van der Waals surface area contributed by atoms with E-state index in [0.717, 1.165) is 43.9 Å². The van der Waals surface area contributed by atoms with Gasteiger partial charge < -0.3 is 15.5 Å². The Morgan fingerprint density at radius 3 is 2.66 bits per heavy atom. The molecule has 8 heteroatoms. The van der Waals surface area contributed by atoms with Crippen molar-refractivity contribution < 1.29 is 9.18 Å². The number of nitrogens with one attached hydrogen (secondary N) is 2. The van der Waals surface area contributed by atoms with Crippen LogP contribution in [0.2, 0.25) is 0 Å². The smallest absolute Gasteiger partial charge is 0.234 e. The fourth-order valence-electron chi connectivity index (χ4n) is 3.17. The van der Waals surface area contributed by atoms with Gasteiger partial charge in [-0.05, 0) is 58.3 Å². The number of rotatable bonds is 5. The van der Waals surface area contributed by atoms with Crippen LogP contribution in [0.15, 0.2) is 53.0 Å². The van der Waals surface area contributed by atoms with Gasteiger partial charge in [0.25, 0.3) is 0 Å². The second kappa shape index (κ2) is 10.7. The van der Waals surface area contributed by atoms with Crippen LogP contribution in [0.3, 0.4) is 0 Å². The van der Waals surface area contributed by atoms with E-state index < -0.39 is 0 Å². The number of anilines is 1. The molecule has 154 valence electrons. The van der Waals surface area contributed by atoms with Crippen LogP contribution >= 0.6 is 28.1 Å². The van der Waals surface area contributed by atoms with Crippen molar-refractivity contribution in [3.63, 3.8) is 0 Å². The highest BCUT2D eigenvalue weighted by Gasteiger charge is 2.19. The summed E-state index contributed by atoms with van der Waals surface area (Å²) >= 11 is 8.88. The molecule has 0 atom stereocenters. The van der Waals surface area contributed by atoms with Gasteiger partial charge in [-0.15, -0.1) is 0 Å². The number of hydrogen-bond acceptors (Lipinski definition) is 3. The van der Waals surface area contributed by atoms with E-state index in [1.54, 1.807) is 6.07 Å². The predicted octanol–water partition coefficient (Wildman–Crippen LogP) is 3.61. The maximum absolute atomic E-state index is 13.3. The van der Waals surface area contributed by atoms with Crippen molar-refractivity contribution >= 4 is 44.9 Å². The molecule has 2 aromatic rings. The summed E-state index contributed by atoms with van der Waals surface area (Å²) in [5, 5.41) is 6.76. The Morgan fingerprint density at radius 2 is 1.90 bits per heavy atom. The van der Waals surface area contributed by atoms with Crippen molar-refractivity contribution in [1.82, 2.24) is 15.1 Å². The van der Waals surface area contributed by atoms with Gasteiger partial charge >= 0.3 is 0 Å². The molecule has 0 unspecified atom stereocenters. The zero-order valence-corrected chi connectivity index (χ0v) is 18.4. The topological polar surface area (TPSA) is 47.6 Å². The lowest BCUT2D eigenvalue weighted by molar-refractivity contribution is -0.122. The lowest BCUT2D eigenvalue weighted by Gasteiger charge is -2.25. The minimum absolute atomic E-state index is 0.0262. The van der Waals surface area contributed by atoms with E-state index in [9.17, 15) is 9.18 Å². The Morgan fingerprint density at radius 1 is 1.10 bits per heavy atom. The lowest BCUT2D eigenvalue weighted by Crippen LogP contribution is -2.40. The predicted molar refractivity (Wildman–Crippen MR) is 121 cm³/mol. The zero-order valence-electron chi connectivity index (χ0n) is 16.0. The summed E-state index contributed by atoms with van der Waals surface area (Å²) in [5.41, 5.74) is 1.82. The average Bonchev–Trinajstić information content (AvgIpc) is 2.95. The molecule has 0 saturated carbocycles. The highest BCUT2D eigenvalue weighted by Crippen LogP contribution is 2.23. The van der Waals surface area contributed by atoms with Gasteiger partial charge in [-0.3, -0.25) is 9.69 Å². The van der Waals surface area contributed by atoms with Gasteiger partial charge in [-0.1, -0.05) is 30.3 Å². The minimum atomic E-state index is -0.302. The molecular weight excluding hydrogens is 455 g/mol. The SMILES string of the molecule is O=C(CN1CCCN(C(=S)Nc2ccc(F)cc2Br)CC1)NCc1ccccc1. The molecule has 3 rings (SSSR count). The number of amides is 1. The van der Waals surface area contributed by atoms with Gasteiger partial charge in [0.1, 0.15) is 5.82 Å². The van der Waals surface area contributed by atoms with E-state index >= 15 is 0 Å². The van der Waals surface area contributed by atoms with Crippen LogP contribution in [0.4, 0.5) is 10.1 Å². The monoisotopic (exact) mass is 478 g/mol. The van der Waals surface area contributed by atoms with E-state index in [4.69, 9.17) is 12.2 Å². The first-order chi connectivity index (χ1) is 14.0. The summed E-state index contributed by atoms with van der Waals surface area (Å²) in [6, 6.07) is 14.3. The molecule has 1 heterocycles. The van der Waals surface area contributed by atoms with E-state index in [2.05, 4.69) is 36.4 Å². The van der Waals surface area contributed by atoms with Gasteiger partial charge in [0.2, 0.25) is 5.91 Å². The first-order valence-corrected chi connectivity index (χ1v) is 10.8. The standard InChI is InChI=1S/C21H24BrFN4OS/c22-18-13-17(23)7-8-19(18)25-21(29)27-10-4-9-26(11-12-27)15-20(28)24-14-16-5-2-1-3-6-16/h1-3,5-8,13H,4,9-12,14-15H2,(H,24,28)(H,25,29). The molecule has 0 radical (unpaired) electrons. The van der Waals surface area contributed by atoms with Crippen molar-refractivity contribution in [3.8, 4) is 0 Å². The number of carbonyl (C=O) groups is 1. The van der Waals surface area contributed by atoms with Crippen LogP contribution in [0.5, 0.6) is 0 Å². The Labute approximate surface area is 184 Å². The van der Waals surface area contributed by atoms with Crippen LogP contribution in [-0.2, 0) is 11.3 Å². The zero-order chi connectivity index (χ0) is 20.6. The van der Waals surface area contributed by atoms with Gasteiger partial charge in [0, 0.05) is 37.2 Å². The molecule has 0 aliphatic carbocycles. The van der Waals surface area contributed by atoms with Gasteiger partial charge in [0.15, 0.2) is 5.11 Å². The Balaban J connectivity index is 1.45. The molecule has 0 aromatic heterocycles. The van der Waals surface area contributed by atoms with Crippen molar-refractivity contribution in [1.29, 1.82) is 0 Å². The van der Waals surface area contributed by atoms with Gasteiger partial charge in [-0.2, -0.15) is 0 Å². The van der Waals surface area contributed by atoms with E-state index in [-0.39, 0.29) is 11.7 Å². The van der Waals surface area contributed by atoms with Crippen molar-refractivity contribution in [2.45, 2.75) is 13.0 Å². The summed E-state index contributed by atoms with van der Waals surface area (Å²) in [5.74, 6) is -0.275. The fourth-order valence-corrected chi connectivity index (χ4v) is 3.92. The molecule has 29 heavy (non-hydrogen) atoms. The normalized spacial score (nSPS) is 14.9. The van der Waals surface area contributed by atoms with Gasteiger partial charge in [0.05, 0.1) is 12.2 Å². The first-order valence-electron chi connectivity index (χ1n) is 9.55. The van der Waals surface area contributed by atoms with Crippen molar-refractivity contribution in [3.05, 3.63) is 64.4 Å². The largest absolute Gasteiger partial charge is 0.351 e. The summed E-state index contributed by atoms with van der Waals surface area (Å²) in [4.78, 5) is 16.5. The van der Waals surface area contributed by atoms with Crippen LogP contribution < -0.4 is 10.6 Å². The maximum Gasteiger partial charge on any atom is 0.234 e. The third-order valence-electron chi connectivity index (χ3n) is 4.75. The Bertz CT molecular complexity index is 852. The van der Waals surface area contributed by atoms with Crippen LogP contribution in [0, 0.1) is 5.82 Å². The number of hydrogen-bond donors (Lipinski definition) is 2. The second-order valence-electron chi connectivity index (χ2n) is 6.93. The molecular formula is C21H24BrFN4OS. The quantitative estimate of drug-likeness (QED) is 0.642. The first kappa shape index (κ1) is 21.7. The highest BCUT2D eigenvalue weighted by molar-refractivity contribution is 9.10. The lowest BCUT2D eigenvalue weighted by atomic mass is 10.2. The highest BCUT2D eigenvalue weighted by atomic mass is 79.9. The average molecular weight is 479 g/mol. The number of benzene rings is 2. The van der Waals surface area contributed by atoms with E-state index in [1.807, 2.05) is 30.3 Å². The maximum atomic E-state index is 13.3. The van der Waals surface area contributed by atoms with Crippen LogP contribution in [0.1, 0.15) is 12.0 Å². The Hall–Kier alpha value is -2.03. The molecule has 0 spiro atoms. The van der Waals surface area contributed by atoms with Crippen LogP contribution in [-0.4, -0.2) is 53.5 Å². The molecule has 1 fully saturated rings. The third kappa shape index (κ3) is 6.76. The molecule has 1 saturated heterocycles. The third-order valence-corrected chi connectivity index (χ3v) is 5.76. The summed E-state index contributed by atoms with van der Waals surface area (Å²) in [6.07, 6.45) is 0.915. The summed E-state index contributed by atoms with van der Waals surface area (Å²) in [6.45, 7) is 4.07. The molecule has 1 amide bonds. The van der Waals surface area contributed by atoms with E-state index in [1.165, 1.54) is 12.1 Å². The van der Waals surface area contributed by atoms with Crippen LogP contribution in [0.25, 0.3) is 0 Å². The fraction of sp³-hybridized carbons (Fsp3) is 0.333. The molecule has 0 bridgehead atoms. The molecule has 1 aliphatic rings. The summed E-state index contributed by atoms with van der Waals surface area (Å²) in [7, 11) is 0. The van der Waals surface area contributed by atoms with Crippen molar-refractivity contribution in [2.75, 3.05) is 38.0 Å². The van der Waals surface area contributed by atoms with Crippen molar-refractivity contribution in [2.24, 2.45) is 0 Å². The van der Waals surface area contributed by atoms with E-state index in [0.29, 0.717) is 22.7 Å². The Kier molecular flexibility index (Phi) is 7.97. The minimum Gasteiger partial charge on any atom is -0.351 e. The number of thiocarbonyl (C=S) groups is 1. The summed E-state index contributed by atoms with van der Waals surface area (Å²) < 4.78 is 13.9. The molecule has 1 aliphatic heterocycles. The number of nitrogens with zero attached hydrogens (tertiary/aromatic N) is 2.